The van der Waals surface area contributed by atoms with Crippen molar-refractivity contribution < 1.29 is 19.4 Å². The number of nitrogens with zero attached hydrogens (tertiary/aromatic N) is 2. The van der Waals surface area contributed by atoms with Crippen LogP contribution in [0.1, 0.15) is 16.1 Å². The van der Waals surface area contributed by atoms with E-state index < -0.39 is 5.97 Å². The first-order valence-electron chi connectivity index (χ1n) is 6.09. The molecule has 0 bridgehead atoms. The predicted octanol–water partition coefficient (Wildman–Crippen LogP) is 2.76. The third kappa shape index (κ3) is 2.54. The second-order valence-corrected chi connectivity index (χ2v) is 4.84. The Bertz CT molecular complexity index is 709. The van der Waals surface area contributed by atoms with Gasteiger partial charge in [0.15, 0.2) is 17.2 Å². The maximum atomic E-state index is 11.1. The Morgan fingerprint density at radius 2 is 2.00 bits per heavy atom. The van der Waals surface area contributed by atoms with E-state index in [4.69, 9.17) is 26.2 Å². The van der Waals surface area contributed by atoms with Crippen molar-refractivity contribution in [2.45, 2.75) is 6.92 Å². The molecule has 112 valence electrons. The van der Waals surface area contributed by atoms with Crippen LogP contribution in [0.3, 0.4) is 0 Å². The Morgan fingerprint density at radius 3 is 2.48 bits per heavy atom. The van der Waals surface area contributed by atoms with E-state index in [1.54, 1.807) is 13.1 Å². The zero-order valence-electron chi connectivity index (χ0n) is 12.1. The number of methoxy groups -OCH3 is 2. The number of ether oxygens (including phenoxy) is 2. The Morgan fingerprint density at radius 1 is 1.33 bits per heavy atom. The number of benzene rings is 1. The molecule has 1 aromatic heterocycles. The van der Waals surface area contributed by atoms with Crippen molar-refractivity contribution in [1.29, 1.82) is 0 Å². The summed E-state index contributed by atoms with van der Waals surface area (Å²) in [4.78, 5) is 11.1. The Hall–Kier alpha value is -2.21. The summed E-state index contributed by atoms with van der Waals surface area (Å²) in [6.45, 7) is 1.84. The molecule has 21 heavy (non-hydrogen) atoms. The van der Waals surface area contributed by atoms with Crippen LogP contribution in [0.2, 0.25) is 5.02 Å². The molecule has 0 aliphatic rings. The SMILES string of the molecule is COc1cc(C)c(Cl)c(-c2cc(C(=O)O)nn2C)c1OC. The molecule has 0 aliphatic carbocycles. The Kier molecular flexibility index (Phi) is 4.09. The van der Waals surface area contributed by atoms with Gasteiger partial charge in [0.05, 0.1) is 30.5 Å². The number of carboxylic acid groups (broad SMARTS) is 1. The molecule has 2 aromatic rings. The van der Waals surface area contributed by atoms with Gasteiger partial charge in [-0.3, -0.25) is 4.68 Å². The van der Waals surface area contributed by atoms with Gasteiger partial charge in [-0.25, -0.2) is 4.79 Å². The molecular weight excluding hydrogens is 296 g/mol. The van der Waals surface area contributed by atoms with Crippen molar-refractivity contribution in [3.05, 3.63) is 28.4 Å². The molecule has 0 spiro atoms. The standard InChI is InChI=1S/C14H15ClN2O4/c1-7-5-10(20-3)13(21-4)11(12(7)15)9-6-8(14(18)19)16-17(9)2/h5-6H,1-4H3,(H,18,19). The summed E-state index contributed by atoms with van der Waals surface area (Å²) in [6, 6.07) is 3.21. The summed E-state index contributed by atoms with van der Waals surface area (Å²) in [5, 5.41) is 13.5. The van der Waals surface area contributed by atoms with E-state index in [9.17, 15) is 4.79 Å². The lowest BCUT2D eigenvalue weighted by molar-refractivity contribution is 0.0689. The lowest BCUT2D eigenvalue weighted by Crippen LogP contribution is -2.01. The fourth-order valence-electron chi connectivity index (χ4n) is 2.13. The van der Waals surface area contributed by atoms with E-state index in [1.807, 2.05) is 6.92 Å². The van der Waals surface area contributed by atoms with Gasteiger partial charge in [-0.05, 0) is 24.6 Å². The van der Waals surface area contributed by atoms with Gasteiger partial charge in [0.25, 0.3) is 0 Å². The minimum Gasteiger partial charge on any atom is -0.493 e. The maximum Gasteiger partial charge on any atom is 0.356 e. The molecule has 1 N–H and O–H groups in total. The van der Waals surface area contributed by atoms with Gasteiger partial charge in [0.2, 0.25) is 0 Å². The third-order valence-corrected chi connectivity index (χ3v) is 3.63. The van der Waals surface area contributed by atoms with E-state index in [0.29, 0.717) is 27.8 Å². The molecule has 0 saturated carbocycles. The van der Waals surface area contributed by atoms with Gasteiger partial charge in [-0.15, -0.1) is 0 Å². The molecule has 0 unspecified atom stereocenters. The van der Waals surface area contributed by atoms with Crippen LogP contribution in [0.25, 0.3) is 11.3 Å². The Balaban J connectivity index is 2.79. The highest BCUT2D eigenvalue weighted by Gasteiger charge is 2.22. The van der Waals surface area contributed by atoms with E-state index in [0.717, 1.165) is 5.56 Å². The second kappa shape index (κ2) is 5.65. The molecule has 1 aromatic carbocycles. The first kappa shape index (κ1) is 15.2. The highest BCUT2D eigenvalue weighted by atomic mass is 35.5. The van der Waals surface area contributed by atoms with Crippen LogP contribution in [-0.4, -0.2) is 35.1 Å². The number of hydrogen-bond acceptors (Lipinski definition) is 4. The normalized spacial score (nSPS) is 10.5. The number of rotatable bonds is 4. The first-order chi connectivity index (χ1) is 9.90. The molecule has 0 saturated heterocycles. The molecule has 0 amide bonds. The van der Waals surface area contributed by atoms with Gasteiger partial charge in [0.1, 0.15) is 0 Å². The monoisotopic (exact) mass is 310 g/mol. The van der Waals surface area contributed by atoms with Crippen molar-refractivity contribution in [1.82, 2.24) is 9.78 Å². The molecule has 0 atom stereocenters. The van der Waals surface area contributed by atoms with Crippen LogP contribution >= 0.6 is 11.6 Å². The molecular formula is C14H15ClN2O4. The van der Waals surface area contributed by atoms with Gasteiger partial charge >= 0.3 is 5.97 Å². The topological polar surface area (TPSA) is 73.6 Å². The van der Waals surface area contributed by atoms with Crippen LogP contribution < -0.4 is 9.47 Å². The van der Waals surface area contributed by atoms with Crippen LogP contribution in [0.5, 0.6) is 11.5 Å². The average Bonchev–Trinajstić information content (AvgIpc) is 2.83. The number of carboxylic acids is 1. The summed E-state index contributed by atoms with van der Waals surface area (Å²) in [7, 11) is 4.68. The van der Waals surface area contributed by atoms with Crippen molar-refractivity contribution >= 4 is 17.6 Å². The summed E-state index contributed by atoms with van der Waals surface area (Å²) in [5.74, 6) is -0.146. The molecule has 1 heterocycles. The lowest BCUT2D eigenvalue weighted by Gasteiger charge is -2.16. The Labute approximate surface area is 126 Å². The van der Waals surface area contributed by atoms with Crippen LogP contribution in [0.4, 0.5) is 0 Å². The van der Waals surface area contributed by atoms with Gasteiger partial charge < -0.3 is 14.6 Å². The zero-order valence-corrected chi connectivity index (χ0v) is 12.9. The number of halogens is 1. The fraction of sp³-hybridized carbons (Fsp3) is 0.286. The predicted molar refractivity (Wildman–Crippen MR) is 78.5 cm³/mol. The number of aromatic nitrogens is 2. The van der Waals surface area contributed by atoms with E-state index in [1.165, 1.54) is 25.0 Å². The number of aryl methyl sites for hydroxylation is 2. The molecule has 0 radical (unpaired) electrons. The largest absolute Gasteiger partial charge is 0.493 e. The average molecular weight is 311 g/mol. The van der Waals surface area contributed by atoms with Gasteiger partial charge in [-0.2, -0.15) is 5.10 Å². The van der Waals surface area contributed by atoms with E-state index in [2.05, 4.69) is 5.10 Å². The summed E-state index contributed by atoms with van der Waals surface area (Å²) in [5.41, 5.74) is 1.82. The zero-order chi connectivity index (χ0) is 15.7. The third-order valence-electron chi connectivity index (χ3n) is 3.14. The second-order valence-electron chi connectivity index (χ2n) is 4.46. The number of hydrogen-bond donors (Lipinski definition) is 1. The van der Waals surface area contributed by atoms with Crippen LogP contribution in [0, 0.1) is 6.92 Å². The molecule has 0 fully saturated rings. The molecule has 2 rings (SSSR count). The summed E-state index contributed by atoms with van der Waals surface area (Å²) in [6.07, 6.45) is 0. The minimum absolute atomic E-state index is 0.0638. The van der Waals surface area contributed by atoms with Crippen molar-refractivity contribution in [2.24, 2.45) is 7.05 Å². The summed E-state index contributed by atoms with van der Waals surface area (Å²) >= 11 is 6.38. The highest BCUT2D eigenvalue weighted by molar-refractivity contribution is 6.34. The van der Waals surface area contributed by atoms with Crippen molar-refractivity contribution in [3.8, 4) is 22.8 Å². The highest BCUT2D eigenvalue weighted by Crippen LogP contribution is 2.44. The van der Waals surface area contributed by atoms with Crippen molar-refractivity contribution in [3.63, 3.8) is 0 Å². The van der Waals surface area contributed by atoms with Gasteiger partial charge in [0, 0.05) is 7.05 Å². The smallest absolute Gasteiger partial charge is 0.356 e. The number of carbonyl (C=O) groups is 1. The van der Waals surface area contributed by atoms with Crippen LogP contribution in [0.15, 0.2) is 12.1 Å². The maximum absolute atomic E-state index is 11.1. The molecule has 6 nitrogen and oxygen atoms in total. The van der Waals surface area contributed by atoms with Crippen LogP contribution in [-0.2, 0) is 7.05 Å². The van der Waals surface area contributed by atoms with Crippen molar-refractivity contribution in [2.75, 3.05) is 14.2 Å². The number of aromatic carboxylic acids is 1. The summed E-state index contributed by atoms with van der Waals surface area (Å²) < 4.78 is 12.1. The molecule has 7 heteroatoms. The van der Waals surface area contributed by atoms with E-state index >= 15 is 0 Å². The fourth-order valence-corrected chi connectivity index (χ4v) is 2.37. The lowest BCUT2D eigenvalue weighted by atomic mass is 10.1. The minimum atomic E-state index is -1.11. The molecule has 0 aliphatic heterocycles. The van der Waals surface area contributed by atoms with E-state index in [-0.39, 0.29) is 5.69 Å². The first-order valence-corrected chi connectivity index (χ1v) is 6.47. The quantitative estimate of drug-likeness (QED) is 0.940. The van der Waals surface area contributed by atoms with Gasteiger partial charge in [-0.1, -0.05) is 11.6 Å².